The quantitative estimate of drug-likeness (QED) is 0.565. The van der Waals surface area contributed by atoms with Crippen LogP contribution in [0.2, 0.25) is 0 Å². The third-order valence-corrected chi connectivity index (χ3v) is 1.80. The number of carbonyl (C=O) groups excluding carboxylic acids is 1. The molecule has 2 rings (SSSR count). The van der Waals surface area contributed by atoms with Gasteiger partial charge in [0, 0.05) is 6.92 Å². The van der Waals surface area contributed by atoms with Crippen molar-refractivity contribution in [2.45, 2.75) is 6.92 Å². The van der Waals surface area contributed by atoms with Crippen LogP contribution in [0, 0.1) is 0 Å². The minimum atomic E-state index is -0.776. The van der Waals surface area contributed by atoms with Gasteiger partial charge in [0.1, 0.15) is 5.52 Å². The van der Waals surface area contributed by atoms with Crippen LogP contribution >= 0.6 is 0 Å². The molecule has 7 heteroatoms. The van der Waals surface area contributed by atoms with Gasteiger partial charge in [-0.3, -0.25) is 14.6 Å². The molecule has 0 saturated heterocycles. The molecule has 2 aromatic heterocycles. The van der Waals surface area contributed by atoms with E-state index in [9.17, 15) is 14.4 Å². The summed E-state index contributed by atoms with van der Waals surface area (Å²) >= 11 is 0. The van der Waals surface area contributed by atoms with Gasteiger partial charge in [-0.15, -0.1) is 0 Å². The number of H-pyrrole nitrogens is 2. The van der Waals surface area contributed by atoms with Gasteiger partial charge in [0.2, 0.25) is 5.91 Å². The van der Waals surface area contributed by atoms with Crippen molar-refractivity contribution < 1.29 is 4.79 Å². The lowest BCUT2D eigenvalue weighted by Gasteiger charge is -1.96. The number of fused-ring (bicyclic) bond motifs is 1. The number of nitrogens with zero attached hydrogens (tertiary/aromatic N) is 2. The van der Waals surface area contributed by atoms with Gasteiger partial charge in [-0.2, -0.15) is 4.57 Å². The van der Waals surface area contributed by atoms with Crippen molar-refractivity contribution in [2.24, 2.45) is 0 Å². The number of imidazole rings is 1. The van der Waals surface area contributed by atoms with Crippen molar-refractivity contribution in [3.05, 3.63) is 27.2 Å². The van der Waals surface area contributed by atoms with Gasteiger partial charge in [0.25, 0.3) is 5.56 Å². The lowest BCUT2D eigenvalue weighted by molar-refractivity contribution is 0.0927. The van der Waals surface area contributed by atoms with Crippen molar-refractivity contribution in [3.63, 3.8) is 0 Å². The minimum absolute atomic E-state index is 0.111. The standard InChI is InChI=1S/C7H6N4O3/c1-3(12)11-6(13)4-5(9-2-8-4)10-7(11)14/h2H,1H3,(H,8,9)(H,10,14). The Hall–Kier alpha value is -2.18. The van der Waals surface area contributed by atoms with Gasteiger partial charge >= 0.3 is 5.69 Å². The van der Waals surface area contributed by atoms with Gasteiger partial charge in [-0.1, -0.05) is 0 Å². The zero-order valence-corrected chi connectivity index (χ0v) is 7.20. The van der Waals surface area contributed by atoms with Crippen molar-refractivity contribution in [1.29, 1.82) is 0 Å². The highest BCUT2D eigenvalue weighted by Crippen LogP contribution is 1.94. The summed E-state index contributed by atoms with van der Waals surface area (Å²) in [5.74, 6) is -0.632. The second kappa shape index (κ2) is 2.66. The fourth-order valence-corrected chi connectivity index (χ4v) is 1.20. The van der Waals surface area contributed by atoms with E-state index in [-0.39, 0.29) is 11.2 Å². The summed E-state index contributed by atoms with van der Waals surface area (Å²) in [6.07, 6.45) is 1.27. The van der Waals surface area contributed by atoms with Crippen LogP contribution in [0.3, 0.4) is 0 Å². The maximum atomic E-state index is 11.5. The number of rotatable bonds is 0. The molecule has 72 valence electrons. The van der Waals surface area contributed by atoms with E-state index < -0.39 is 17.2 Å². The molecule has 0 radical (unpaired) electrons. The van der Waals surface area contributed by atoms with E-state index in [4.69, 9.17) is 0 Å². The lowest BCUT2D eigenvalue weighted by Crippen LogP contribution is -2.38. The highest BCUT2D eigenvalue weighted by molar-refractivity contribution is 5.79. The number of aromatic nitrogens is 4. The summed E-state index contributed by atoms with van der Waals surface area (Å²) in [6.45, 7) is 1.14. The molecule has 0 fully saturated rings. The van der Waals surface area contributed by atoms with Crippen LogP contribution in [0.15, 0.2) is 15.9 Å². The highest BCUT2D eigenvalue weighted by Gasteiger charge is 2.11. The largest absolute Gasteiger partial charge is 0.339 e. The number of hydrogen-bond donors (Lipinski definition) is 2. The van der Waals surface area contributed by atoms with E-state index in [1.54, 1.807) is 0 Å². The van der Waals surface area contributed by atoms with E-state index in [1.807, 2.05) is 0 Å². The van der Waals surface area contributed by atoms with E-state index >= 15 is 0 Å². The molecule has 0 saturated carbocycles. The van der Waals surface area contributed by atoms with Crippen LogP contribution in [0.25, 0.3) is 11.2 Å². The fourth-order valence-electron chi connectivity index (χ4n) is 1.20. The highest BCUT2D eigenvalue weighted by atomic mass is 16.2. The van der Waals surface area contributed by atoms with Gasteiger partial charge < -0.3 is 4.98 Å². The average molecular weight is 194 g/mol. The molecule has 0 bridgehead atoms. The Morgan fingerprint density at radius 1 is 1.50 bits per heavy atom. The number of aromatic amines is 2. The Morgan fingerprint density at radius 3 is 2.86 bits per heavy atom. The lowest BCUT2D eigenvalue weighted by atomic mass is 10.5. The molecule has 2 heterocycles. The summed E-state index contributed by atoms with van der Waals surface area (Å²) in [5.41, 5.74) is -1.20. The van der Waals surface area contributed by atoms with Crippen molar-refractivity contribution in [3.8, 4) is 0 Å². The molecule has 14 heavy (non-hydrogen) atoms. The van der Waals surface area contributed by atoms with E-state index in [2.05, 4.69) is 15.0 Å². The van der Waals surface area contributed by atoms with Gasteiger partial charge in [0.15, 0.2) is 5.65 Å². The Balaban J connectivity index is 3.05. The molecule has 2 aromatic rings. The first kappa shape index (κ1) is 8.42. The maximum absolute atomic E-state index is 11.5. The molecule has 2 N–H and O–H groups in total. The second-order valence-corrected chi connectivity index (χ2v) is 2.72. The Labute approximate surface area is 76.4 Å². The summed E-state index contributed by atoms with van der Waals surface area (Å²) in [6, 6.07) is 0. The normalized spacial score (nSPS) is 10.6. The first-order valence-corrected chi connectivity index (χ1v) is 3.80. The molecular weight excluding hydrogens is 188 g/mol. The predicted molar refractivity (Wildman–Crippen MR) is 47.3 cm³/mol. The molecule has 0 atom stereocenters. The molecule has 0 aliphatic carbocycles. The van der Waals surface area contributed by atoms with Crippen molar-refractivity contribution in [1.82, 2.24) is 19.5 Å². The summed E-state index contributed by atoms with van der Waals surface area (Å²) in [4.78, 5) is 42.2. The number of nitrogens with one attached hydrogen (secondary N) is 2. The molecule has 0 aliphatic rings. The zero-order chi connectivity index (χ0) is 10.3. The van der Waals surface area contributed by atoms with Crippen molar-refractivity contribution in [2.75, 3.05) is 0 Å². The van der Waals surface area contributed by atoms with Crippen molar-refractivity contribution >= 4 is 17.1 Å². The third-order valence-electron chi connectivity index (χ3n) is 1.80. The summed E-state index contributed by atoms with van der Waals surface area (Å²) < 4.78 is 0.514. The third kappa shape index (κ3) is 0.987. The van der Waals surface area contributed by atoms with E-state index in [0.717, 1.165) is 6.92 Å². The van der Waals surface area contributed by atoms with E-state index in [0.29, 0.717) is 4.57 Å². The van der Waals surface area contributed by atoms with Crippen LogP contribution in [-0.4, -0.2) is 25.4 Å². The number of hydrogen-bond acceptors (Lipinski definition) is 4. The summed E-state index contributed by atoms with van der Waals surface area (Å²) in [5, 5.41) is 0. The zero-order valence-electron chi connectivity index (χ0n) is 7.20. The van der Waals surface area contributed by atoms with Gasteiger partial charge in [0.05, 0.1) is 6.33 Å². The van der Waals surface area contributed by atoms with Gasteiger partial charge in [-0.25, -0.2) is 9.78 Å². The van der Waals surface area contributed by atoms with Gasteiger partial charge in [-0.05, 0) is 0 Å². The van der Waals surface area contributed by atoms with E-state index in [1.165, 1.54) is 6.33 Å². The Morgan fingerprint density at radius 2 is 2.21 bits per heavy atom. The maximum Gasteiger partial charge on any atom is 0.337 e. The molecule has 7 nitrogen and oxygen atoms in total. The van der Waals surface area contributed by atoms with Crippen LogP contribution in [-0.2, 0) is 0 Å². The van der Waals surface area contributed by atoms with Crippen LogP contribution in [0.1, 0.15) is 11.7 Å². The molecule has 0 aliphatic heterocycles. The molecule has 0 amide bonds. The first-order chi connectivity index (χ1) is 6.61. The SMILES string of the molecule is CC(=O)n1c(=O)[nH]c2nc[nH]c2c1=O. The molecule has 0 aromatic carbocycles. The fraction of sp³-hybridized carbons (Fsp3) is 0.143. The topological polar surface area (TPSA) is 101 Å². The first-order valence-electron chi connectivity index (χ1n) is 3.80. The number of carbonyl (C=O) groups is 1. The molecule has 0 unspecified atom stereocenters. The van der Waals surface area contributed by atoms with Crippen LogP contribution in [0.5, 0.6) is 0 Å². The predicted octanol–water partition coefficient (Wildman–Crippen LogP) is -0.927. The van der Waals surface area contributed by atoms with Crippen LogP contribution in [0.4, 0.5) is 0 Å². The average Bonchev–Trinajstić information content (AvgIpc) is 2.50. The smallest absolute Gasteiger partial charge is 0.337 e. The Kier molecular flexibility index (Phi) is 1.60. The summed E-state index contributed by atoms with van der Waals surface area (Å²) in [7, 11) is 0. The second-order valence-electron chi connectivity index (χ2n) is 2.72. The minimum Gasteiger partial charge on any atom is -0.339 e. The molecular formula is C7H6N4O3. The monoisotopic (exact) mass is 194 g/mol. The van der Waals surface area contributed by atoms with Crippen LogP contribution < -0.4 is 11.2 Å². The molecule has 0 spiro atoms. The Bertz CT molecular complexity index is 618.